The van der Waals surface area contributed by atoms with Crippen molar-refractivity contribution in [2.75, 3.05) is 11.6 Å². The highest BCUT2D eigenvalue weighted by atomic mass is 32.2. The Morgan fingerprint density at radius 2 is 1.68 bits per heavy atom. The quantitative estimate of drug-likeness (QED) is 0.526. The SMILES string of the molecule is CSc1nc(Nc2cc(C)cc(C)c2)c(C#N)c(-c2ccccc2)n1. The van der Waals surface area contributed by atoms with Crippen LogP contribution in [0.25, 0.3) is 11.3 Å². The second kappa shape index (κ2) is 7.37. The van der Waals surface area contributed by atoms with Crippen molar-refractivity contribution in [2.24, 2.45) is 0 Å². The molecule has 0 unspecified atom stereocenters. The fourth-order valence-corrected chi connectivity index (χ4v) is 3.08. The monoisotopic (exact) mass is 346 g/mol. The van der Waals surface area contributed by atoms with Crippen molar-refractivity contribution in [1.29, 1.82) is 5.26 Å². The van der Waals surface area contributed by atoms with Crippen molar-refractivity contribution in [1.82, 2.24) is 9.97 Å². The van der Waals surface area contributed by atoms with E-state index in [4.69, 9.17) is 0 Å². The number of nitrogens with zero attached hydrogens (tertiary/aromatic N) is 3. The number of nitrogens with one attached hydrogen (secondary N) is 1. The first kappa shape index (κ1) is 17.0. The van der Waals surface area contributed by atoms with Gasteiger partial charge in [-0.2, -0.15) is 5.26 Å². The van der Waals surface area contributed by atoms with Crippen LogP contribution >= 0.6 is 11.8 Å². The lowest BCUT2D eigenvalue weighted by Gasteiger charge is -2.13. The molecule has 0 aliphatic rings. The molecule has 1 aromatic heterocycles. The molecule has 0 spiro atoms. The zero-order chi connectivity index (χ0) is 17.8. The summed E-state index contributed by atoms with van der Waals surface area (Å²) in [6.07, 6.45) is 1.93. The van der Waals surface area contributed by atoms with Gasteiger partial charge in [0.05, 0.1) is 5.69 Å². The van der Waals surface area contributed by atoms with Crippen LogP contribution in [0.15, 0.2) is 53.7 Å². The van der Waals surface area contributed by atoms with Crippen molar-refractivity contribution in [3.8, 4) is 17.3 Å². The summed E-state index contributed by atoms with van der Waals surface area (Å²) in [6.45, 7) is 4.10. The molecule has 0 saturated heterocycles. The maximum Gasteiger partial charge on any atom is 0.189 e. The first-order valence-corrected chi connectivity index (χ1v) is 9.10. The molecule has 3 aromatic rings. The van der Waals surface area contributed by atoms with E-state index < -0.39 is 0 Å². The molecule has 0 amide bonds. The smallest absolute Gasteiger partial charge is 0.189 e. The van der Waals surface area contributed by atoms with Crippen LogP contribution in [0.1, 0.15) is 16.7 Å². The van der Waals surface area contributed by atoms with Crippen molar-refractivity contribution in [2.45, 2.75) is 19.0 Å². The molecular formula is C20H18N4S. The van der Waals surface area contributed by atoms with Gasteiger partial charge in [0.2, 0.25) is 0 Å². The van der Waals surface area contributed by atoms with Gasteiger partial charge in [-0.15, -0.1) is 0 Å². The van der Waals surface area contributed by atoms with E-state index in [0.29, 0.717) is 22.2 Å². The summed E-state index contributed by atoms with van der Waals surface area (Å²) in [4.78, 5) is 9.08. The Morgan fingerprint density at radius 3 is 2.28 bits per heavy atom. The highest BCUT2D eigenvalue weighted by molar-refractivity contribution is 7.98. The second-order valence-electron chi connectivity index (χ2n) is 5.76. The number of hydrogen-bond donors (Lipinski definition) is 1. The third kappa shape index (κ3) is 3.81. The number of thioether (sulfide) groups is 1. The molecule has 0 bridgehead atoms. The van der Waals surface area contributed by atoms with Gasteiger partial charge >= 0.3 is 0 Å². The van der Waals surface area contributed by atoms with Gasteiger partial charge in [0.15, 0.2) is 11.0 Å². The van der Waals surface area contributed by atoms with Gasteiger partial charge in [0.1, 0.15) is 11.6 Å². The Bertz CT molecular complexity index is 926. The van der Waals surface area contributed by atoms with Gasteiger partial charge in [-0.05, 0) is 43.4 Å². The Hall–Kier alpha value is -2.84. The van der Waals surface area contributed by atoms with Gasteiger partial charge in [0, 0.05) is 11.3 Å². The molecule has 5 heteroatoms. The highest BCUT2D eigenvalue weighted by Crippen LogP contribution is 2.30. The molecule has 0 atom stereocenters. The Kier molecular flexibility index (Phi) is 5.01. The number of aryl methyl sites for hydroxylation is 2. The van der Waals surface area contributed by atoms with E-state index >= 15 is 0 Å². The Morgan fingerprint density at radius 1 is 1.00 bits per heavy atom. The summed E-state index contributed by atoms with van der Waals surface area (Å²) in [5, 5.41) is 13.7. The van der Waals surface area contributed by atoms with E-state index in [1.165, 1.54) is 11.8 Å². The molecule has 1 heterocycles. The topological polar surface area (TPSA) is 61.6 Å². The standard InChI is InChI=1S/C20H18N4S/c1-13-9-14(2)11-16(10-13)22-19-17(12-21)18(23-20(24-19)25-3)15-7-5-4-6-8-15/h4-11H,1-3H3,(H,22,23,24). The Labute approximate surface area is 152 Å². The van der Waals surface area contributed by atoms with E-state index in [0.717, 1.165) is 22.4 Å². The first-order valence-electron chi connectivity index (χ1n) is 7.87. The number of hydrogen-bond acceptors (Lipinski definition) is 5. The number of anilines is 2. The van der Waals surface area contributed by atoms with E-state index in [1.807, 2.05) is 62.6 Å². The summed E-state index contributed by atoms with van der Waals surface area (Å²) in [7, 11) is 0. The minimum atomic E-state index is 0.447. The summed E-state index contributed by atoms with van der Waals surface area (Å²) in [5.41, 5.74) is 5.23. The minimum absolute atomic E-state index is 0.447. The van der Waals surface area contributed by atoms with E-state index in [9.17, 15) is 5.26 Å². The molecule has 1 N–H and O–H groups in total. The van der Waals surface area contributed by atoms with Crippen molar-refractivity contribution in [3.63, 3.8) is 0 Å². The van der Waals surface area contributed by atoms with Crippen molar-refractivity contribution < 1.29 is 0 Å². The van der Waals surface area contributed by atoms with Gasteiger partial charge in [0.25, 0.3) is 0 Å². The van der Waals surface area contributed by atoms with Crippen molar-refractivity contribution >= 4 is 23.3 Å². The average molecular weight is 346 g/mol. The molecule has 25 heavy (non-hydrogen) atoms. The van der Waals surface area contributed by atoms with Gasteiger partial charge in [-0.25, -0.2) is 9.97 Å². The summed E-state index contributed by atoms with van der Waals surface area (Å²) >= 11 is 1.46. The van der Waals surface area contributed by atoms with E-state index in [1.54, 1.807) is 0 Å². The van der Waals surface area contributed by atoms with Gasteiger partial charge in [-0.1, -0.05) is 48.2 Å². The lowest BCUT2D eigenvalue weighted by atomic mass is 10.1. The zero-order valence-corrected chi connectivity index (χ0v) is 15.2. The second-order valence-corrected chi connectivity index (χ2v) is 6.54. The lowest BCUT2D eigenvalue weighted by molar-refractivity contribution is 0.975. The number of rotatable bonds is 4. The summed E-state index contributed by atoms with van der Waals surface area (Å²) < 4.78 is 0. The molecule has 0 saturated carbocycles. The first-order chi connectivity index (χ1) is 12.1. The molecule has 0 fully saturated rings. The molecule has 0 aliphatic heterocycles. The molecule has 124 valence electrons. The molecular weight excluding hydrogens is 328 g/mol. The molecule has 0 radical (unpaired) electrons. The van der Waals surface area contributed by atoms with Crippen LogP contribution in [0.5, 0.6) is 0 Å². The number of benzene rings is 2. The number of aromatic nitrogens is 2. The normalized spacial score (nSPS) is 10.3. The van der Waals surface area contributed by atoms with E-state index in [2.05, 4.69) is 27.4 Å². The molecule has 2 aromatic carbocycles. The number of nitriles is 1. The van der Waals surface area contributed by atoms with Crippen LogP contribution in [0.3, 0.4) is 0 Å². The van der Waals surface area contributed by atoms with Crippen molar-refractivity contribution in [3.05, 3.63) is 65.2 Å². The molecule has 4 nitrogen and oxygen atoms in total. The zero-order valence-electron chi connectivity index (χ0n) is 14.4. The molecule has 3 rings (SSSR count). The van der Waals surface area contributed by atoms with Crippen LogP contribution in [0.2, 0.25) is 0 Å². The predicted molar refractivity (Wildman–Crippen MR) is 103 cm³/mol. The maximum absolute atomic E-state index is 9.73. The predicted octanol–water partition coefficient (Wildman–Crippen LogP) is 5.10. The third-order valence-electron chi connectivity index (χ3n) is 3.71. The van der Waals surface area contributed by atoms with Crippen LogP contribution in [0.4, 0.5) is 11.5 Å². The summed E-state index contributed by atoms with van der Waals surface area (Å²) in [6, 6.07) is 18.2. The fourth-order valence-electron chi connectivity index (χ4n) is 2.72. The largest absolute Gasteiger partial charge is 0.339 e. The molecule has 0 aliphatic carbocycles. The fraction of sp³-hybridized carbons (Fsp3) is 0.150. The van der Waals surface area contributed by atoms with Crippen LogP contribution in [-0.4, -0.2) is 16.2 Å². The van der Waals surface area contributed by atoms with E-state index in [-0.39, 0.29) is 0 Å². The maximum atomic E-state index is 9.73. The van der Waals surface area contributed by atoms with Gasteiger partial charge < -0.3 is 5.32 Å². The van der Waals surface area contributed by atoms with Crippen LogP contribution in [-0.2, 0) is 0 Å². The summed E-state index contributed by atoms with van der Waals surface area (Å²) in [5.74, 6) is 0.533. The van der Waals surface area contributed by atoms with Gasteiger partial charge in [-0.3, -0.25) is 0 Å². The lowest BCUT2D eigenvalue weighted by Crippen LogP contribution is -2.03. The van der Waals surface area contributed by atoms with Crippen LogP contribution < -0.4 is 5.32 Å². The van der Waals surface area contributed by atoms with Crippen LogP contribution in [0, 0.1) is 25.2 Å². The Balaban J connectivity index is 2.14. The minimum Gasteiger partial charge on any atom is -0.339 e. The highest BCUT2D eigenvalue weighted by Gasteiger charge is 2.16. The average Bonchev–Trinajstić information content (AvgIpc) is 2.61. The third-order valence-corrected chi connectivity index (χ3v) is 4.26.